The summed E-state index contributed by atoms with van der Waals surface area (Å²) in [5, 5.41) is 0. The van der Waals surface area contributed by atoms with Gasteiger partial charge in [0.2, 0.25) is 10.0 Å². The number of imidazole rings is 1. The highest BCUT2D eigenvalue weighted by Gasteiger charge is 2.11. The van der Waals surface area contributed by atoms with Gasteiger partial charge in [-0.15, -0.1) is 0 Å². The highest BCUT2D eigenvalue weighted by Crippen LogP contribution is 2.30. The van der Waals surface area contributed by atoms with E-state index in [1.54, 1.807) is 12.1 Å². The highest BCUT2D eigenvalue weighted by atomic mass is 32.2. The maximum absolute atomic E-state index is 11.5. The van der Waals surface area contributed by atoms with Crippen LogP contribution >= 0.6 is 0 Å². The molecule has 2 aromatic heterocycles. The van der Waals surface area contributed by atoms with Crippen LogP contribution in [0.3, 0.4) is 0 Å². The van der Waals surface area contributed by atoms with E-state index in [1.807, 2.05) is 41.1 Å². The fourth-order valence-corrected chi connectivity index (χ4v) is 2.78. The molecule has 1 aromatic carbocycles. The first kappa shape index (κ1) is 14.4. The molecule has 0 spiro atoms. The van der Waals surface area contributed by atoms with Crippen molar-refractivity contribution in [1.82, 2.24) is 9.38 Å². The molecule has 0 radical (unpaired) electrons. The molecule has 114 valence electrons. The summed E-state index contributed by atoms with van der Waals surface area (Å²) in [7, 11) is -1.90. The molecule has 0 saturated heterocycles. The molecule has 0 saturated carbocycles. The fourth-order valence-electron chi connectivity index (χ4n) is 2.22. The Morgan fingerprint density at radius 2 is 2.05 bits per heavy atom. The average molecular weight is 317 g/mol. The zero-order valence-corrected chi connectivity index (χ0v) is 13.0. The molecule has 3 rings (SSSR count). The number of methoxy groups -OCH3 is 1. The van der Waals surface area contributed by atoms with Crippen molar-refractivity contribution in [2.75, 3.05) is 18.1 Å². The van der Waals surface area contributed by atoms with E-state index in [2.05, 4.69) is 9.71 Å². The van der Waals surface area contributed by atoms with Crippen molar-refractivity contribution in [3.63, 3.8) is 0 Å². The van der Waals surface area contributed by atoms with Crippen molar-refractivity contribution in [1.29, 1.82) is 0 Å². The quantitative estimate of drug-likeness (QED) is 0.802. The Balaban J connectivity index is 2.09. The molecule has 22 heavy (non-hydrogen) atoms. The lowest BCUT2D eigenvalue weighted by atomic mass is 10.1. The molecule has 0 aliphatic rings. The number of sulfonamides is 1. The average Bonchev–Trinajstić information content (AvgIpc) is 2.89. The van der Waals surface area contributed by atoms with Crippen molar-refractivity contribution >= 4 is 21.4 Å². The Kier molecular flexibility index (Phi) is 3.50. The van der Waals surface area contributed by atoms with Crippen LogP contribution in [-0.2, 0) is 10.0 Å². The Morgan fingerprint density at radius 3 is 2.73 bits per heavy atom. The number of fused-ring (bicyclic) bond motifs is 1. The van der Waals surface area contributed by atoms with E-state index >= 15 is 0 Å². The number of rotatable bonds is 4. The maximum atomic E-state index is 11.5. The van der Waals surface area contributed by atoms with Gasteiger partial charge in [-0.3, -0.25) is 4.72 Å². The molecule has 0 aliphatic carbocycles. The SMILES string of the molecule is COc1ccc(-c2cn3ccccc3n2)cc1NS(C)(=O)=O. The summed E-state index contributed by atoms with van der Waals surface area (Å²) >= 11 is 0. The molecule has 0 fully saturated rings. The van der Waals surface area contributed by atoms with E-state index in [0.29, 0.717) is 11.4 Å². The molecule has 3 aromatic rings. The zero-order chi connectivity index (χ0) is 15.7. The van der Waals surface area contributed by atoms with Crippen molar-refractivity contribution in [3.8, 4) is 17.0 Å². The van der Waals surface area contributed by atoms with E-state index < -0.39 is 10.0 Å². The van der Waals surface area contributed by atoms with Crippen LogP contribution in [0.5, 0.6) is 5.75 Å². The summed E-state index contributed by atoms with van der Waals surface area (Å²) in [5.41, 5.74) is 2.77. The van der Waals surface area contributed by atoms with Gasteiger partial charge in [-0.1, -0.05) is 6.07 Å². The van der Waals surface area contributed by atoms with Crippen molar-refractivity contribution < 1.29 is 13.2 Å². The number of nitrogens with zero attached hydrogens (tertiary/aromatic N) is 2. The lowest BCUT2D eigenvalue weighted by molar-refractivity contribution is 0.417. The van der Waals surface area contributed by atoms with Gasteiger partial charge in [-0.2, -0.15) is 0 Å². The summed E-state index contributed by atoms with van der Waals surface area (Å²) in [5.74, 6) is 0.456. The lowest BCUT2D eigenvalue weighted by Gasteiger charge is -2.10. The van der Waals surface area contributed by atoms with Gasteiger partial charge in [-0.05, 0) is 30.3 Å². The molecule has 0 atom stereocenters. The summed E-state index contributed by atoms with van der Waals surface area (Å²) in [6.07, 6.45) is 4.90. The van der Waals surface area contributed by atoms with Crippen LogP contribution in [0.4, 0.5) is 5.69 Å². The number of pyridine rings is 1. The van der Waals surface area contributed by atoms with Gasteiger partial charge in [0.1, 0.15) is 11.4 Å². The van der Waals surface area contributed by atoms with Crippen LogP contribution < -0.4 is 9.46 Å². The van der Waals surface area contributed by atoms with Gasteiger partial charge in [0.05, 0.1) is 24.7 Å². The molecule has 0 unspecified atom stereocenters. The van der Waals surface area contributed by atoms with Crippen LogP contribution in [0, 0.1) is 0 Å². The minimum absolute atomic E-state index is 0.388. The minimum Gasteiger partial charge on any atom is -0.495 e. The van der Waals surface area contributed by atoms with Crippen molar-refractivity contribution in [2.24, 2.45) is 0 Å². The van der Waals surface area contributed by atoms with E-state index in [-0.39, 0.29) is 0 Å². The summed E-state index contributed by atoms with van der Waals surface area (Å²) < 4.78 is 32.5. The van der Waals surface area contributed by atoms with Gasteiger partial charge in [0.15, 0.2) is 0 Å². The van der Waals surface area contributed by atoms with Gasteiger partial charge in [0.25, 0.3) is 0 Å². The number of aromatic nitrogens is 2. The number of benzene rings is 1. The topological polar surface area (TPSA) is 72.7 Å². The van der Waals surface area contributed by atoms with Crippen molar-refractivity contribution in [2.45, 2.75) is 0 Å². The number of ether oxygens (including phenoxy) is 1. The standard InChI is InChI=1S/C15H15N3O3S/c1-21-14-7-6-11(9-12(14)17-22(2,19)20)13-10-18-8-4-3-5-15(18)16-13/h3-10,17H,1-2H3. The molecular formula is C15H15N3O3S. The van der Waals surface area contributed by atoms with Crippen LogP contribution in [0.15, 0.2) is 48.8 Å². The first-order chi connectivity index (χ1) is 10.5. The molecular weight excluding hydrogens is 302 g/mol. The molecule has 0 amide bonds. The minimum atomic E-state index is -3.39. The number of hydrogen-bond donors (Lipinski definition) is 1. The summed E-state index contributed by atoms with van der Waals surface area (Å²) in [6, 6.07) is 11.0. The number of hydrogen-bond acceptors (Lipinski definition) is 4. The van der Waals surface area contributed by atoms with Gasteiger partial charge in [0, 0.05) is 18.0 Å². The Labute approximate surface area is 128 Å². The van der Waals surface area contributed by atoms with E-state index in [0.717, 1.165) is 23.2 Å². The molecule has 6 nitrogen and oxygen atoms in total. The number of nitrogens with one attached hydrogen (secondary N) is 1. The zero-order valence-electron chi connectivity index (χ0n) is 12.1. The normalized spacial score (nSPS) is 11.5. The van der Waals surface area contributed by atoms with Crippen LogP contribution in [-0.4, -0.2) is 31.2 Å². The fraction of sp³-hybridized carbons (Fsp3) is 0.133. The third-order valence-electron chi connectivity index (χ3n) is 3.15. The second-order valence-electron chi connectivity index (χ2n) is 4.88. The van der Waals surface area contributed by atoms with Gasteiger partial charge in [-0.25, -0.2) is 13.4 Å². The second kappa shape index (κ2) is 5.34. The largest absolute Gasteiger partial charge is 0.495 e. The number of anilines is 1. The monoisotopic (exact) mass is 317 g/mol. The Bertz CT molecular complexity index is 899. The maximum Gasteiger partial charge on any atom is 0.229 e. The van der Waals surface area contributed by atoms with E-state index in [4.69, 9.17) is 4.74 Å². The van der Waals surface area contributed by atoms with Gasteiger partial charge < -0.3 is 9.14 Å². The summed E-state index contributed by atoms with van der Waals surface area (Å²) in [4.78, 5) is 4.52. The first-order valence-corrected chi connectivity index (χ1v) is 8.45. The second-order valence-corrected chi connectivity index (χ2v) is 6.63. The van der Waals surface area contributed by atoms with Crippen LogP contribution in [0.25, 0.3) is 16.9 Å². The lowest BCUT2D eigenvalue weighted by Crippen LogP contribution is -2.10. The third kappa shape index (κ3) is 2.89. The molecule has 7 heteroatoms. The smallest absolute Gasteiger partial charge is 0.229 e. The van der Waals surface area contributed by atoms with Gasteiger partial charge >= 0.3 is 0 Å². The van der Waals surface area contributed by atoms with Crippen LogP contribution in [0.1, 0.15) is 0 Å². The van der Waals surface area contributed by atoms with Crippen molar-refractivity contribution in [3.05, 3.63) is 48.8 Å². The molecule has 0 bridgehead atoms. The predicted octanol–water partition coefficient (Wildman–Crippen LogP) is 2.38. The predicted molar refractivity (Wildman–Crippen MR) is 85.6 cm³/mol. The molecule has 2 heterocycles. The summed E-state index contributed by atoms with van der Waals surface area (Å²) in [6.45, 7) is 0. The molecule has 0 aliphatic heterocycles. The van der Waals surface area contributed by atoms with E-state index in [9.17, 15) is 8.42 Å². The Hall–Kier alpha value is -2.54. The third-order valence-corrected chi connectivity index (χ3v) is 3.75. The Morgan fingerprint density at radius 1 is 1.23 bits per heavy atom. The highest BCUT2D eigenvalue weighted by molar-refractivity contribution is 7.92. The van der Waals surface area contributed by atoms with Crippen LogP contribution in [0.2, 0.25) is 0 Å². The van der Waals surface area contributed by atoms with E-state index in [1.165, 1.54) is 7.11 Å². The first-order valence-electron chi connectivity index (χ1n) is 6.56. The molecule has 1 N–H and O–H groups in total.